The standard InChI is InChI=1S/C13H23NO2S2/c1-3-5-10-8-13(17-6-7-18-13)9-11(14-10)12(15)16-4-2/h10-11,14H,3-9H2,1-2H3/t10-,11-/m0/s1. The Morgan fingerprint density at radius 2 is 2.06 bits per heavy atom. The highest BCUT2D eigenvalue weighted by Gasteiger charge is 2.45. The van der Waals surface area contributed by atoms with E-state index in [-0.39, 0.29) is 16.1 Å². The number of esters is 1. The van der Waals surface area contributed by atoms with Crippen LogP contribution in [0, 0.1) is 0 Å². The predicted octanol–water partition coefficient (Wildman–Crippen LogP) is 2.65. The Morgan fingerprint density at radius 1 is 1.33 bits per heavy atom. The number of ether oxygens (including phenoxy) is 1. The van der Waals surface area contributed by atoms with E-state index in [1.54, 1.807) is 0 Å². The van der Waals surface area contributed by atoms with Crippen LogP contribution in [0.5, 0.6) is 0 Å². The first-order chi connectivity index (χ1) is 8.69. The lowest BCUT2D eigenvalue weighted by molar-refractivity contribution is -0.146. The summed E-state index contributed by atoms with van der Waals surface area (Å²) >= 11 is 4.10. The largest absolute Gasteiger partial charge is 0.465 e. The number of hydrogen-bond acceptors (Lipinski definition) is 5. The number of carbonyl (C=O) groups is 1. The predicted molar refractivity (Wildman–Crippen MR) is 79.1 cm³/mol. The molecule has 0 aromatic rings. The summed E-state index contributed by atoms with van der Waals surface area (Å²) in [5.41, 5.74) is 0. The van der Waals surface area contributed by atoms with Crippen molar-refractivity contribution in [1.82, 2.24) is 5.32 Å². The lowest BCUT2D eigenvalue weighted by Crippen LogP contribution is -2.54. The molecule has 0 bridgehead atoms. The van der Waals surface area contributed by atoms with Gasteiger partial charge in [-0.25, -0.2) is 0 Å². The fourth-order valence-electron chi connectivity index (χ4n) is 2.83. The quantitative estimate of drug-likeness (QED) is 0.806. The SMILES string of the molecule is CCC[C@H]1CC2(C[C@@H](C(=O)OCC)N1)SCCS2. The van der Waals surface area contributed by atoms with Gasteiger partial charge in [0.25, 0.3) is 0 Å². The Labute approximate surface area is 118 Å². The molecule has 2 aliphatic rings. The second-order valence-electron chi connectivity index (χ2n) is 4.97. The van der Waals surface area contributed by atoms with Crippen LogP contribution in [-0.4, -0.2) is 40.2 Å². The molecule has 0 aromatic heterocycles. The Kier molecular flexibility index (Phi) is 5.27. The Morgan fingerprint density at radius 3 is 2.67 bits per heavy atom. The average Bonchev–Trinajstić information content (AvgIpc) is 2.77. The van der Waals surface area contributed by atoms with E-state index in [4.69, 9.17) is 4.74 Å². The van der Waals surface area contributed by atoms with E-state index < -0.39 is 0 Å². The minimum Gasteiger partial charge on any atom is -0.465 e. The van der Waals surface area contributed by atoms with Gasteiger partial charge in [0.2, 0.25) is 0 Å². The molecule has 2 aliphatic heterocycles. The van der Waals surface area contributed by atoms with Crippen LogP contribution in [0.3, 0.4) is 0 Å². The number of nitrogens with one attached hydrogen (secondary N) is 1. The molecule has 2 heterocycles. The van der Waals surface area contributed by atoms with E-state index in [0.29, 0.717) is 12.6 Å². The van der Waals surface area contributed by atoms with Crippen molar-refractivity contribution in [2.75, 3.05) is 18.1 Å². The summed E-state index contributed by atoms with van der Waals surface area (Å²) in [6.07, 6.45) is 4.42. The summed E-state index contributed by atoms with van der Waals surface area (Å²) in [5, 5.41) is 3.49. The molecule has 0 aliphatic carbocycles. The van der Waals surface area contributed by atoms with Crippen molar-refractivity contribution in [2.45, 2.75) is 55.7 Å². The highest BCUT2D eigenvalue weighted by molar-refractivity contribution is 8.21. The minimum atomic E-state index is -0.103. The zero-order valence-corrected chi connectivity index (χ0v) is 12.9. The average molecular weight is 289 g/mol. The van der Waals surface area contributed by atoms with Gasteiger partial charge in [0, 0.05) is 17.5 Å². The number of hydrogen-bond donors (Lipinski definition) is 1. The van der Waals surface area contributed by atoms with Gasteiger partial charge in [-0.2, -0.15) is 0 Å². The lowest BCUT2D eigenvalue weighted by Gasteiger charge is -2.41. The van der Waals surface area contributed by atoms with Gasteiger partial charge in [-0.05, 0) is 26.2 Å². The molecule has 104 valence electrons. The van der Waals surface area contributed by atoms with Crippen LogP contribution in [0.4, 0.5) is 0 Å². The summed E-state index contributed by atoms with van der Waals surface area (Å²) in [6.45, 7) is 4.55. The fraction of sp³-hybridized carbons (Fsp3) is 0.923. The molecule has 2 atom stereocenters. The van der Waals surface area contributed by atoms with Gasteiger partial charge < -0.3 is 10.1 Å². The number of carbonyl (C=O) groups excluding carboxylic acids is 1. The lowest BCUT2D eigenvalue weighted by atomic mass is 9.94. The summed E-state index contributed by atoms with van der Waals surface area (Å²) in [5.74, 6) is 2.38. The third-order valence-corrected chi connectivity index (χ3v) is 7.03. The summed E-state index contributed by atoms with van der Waals surface area (Å²) in [7, 11) is 0. The maximum Gasteiger partial charge on any atom is 0.323 e. The van der Waals surface area contributed by atoms with Crippen LogP contribution in [-0.2, 0) is 9.53 Å². The molecule has 0 saturated carbocycles. The first-order valence-electron chi connectivity index (χ1n) is 6.89. The molecule has 0 unspecified atom stereocenters. The zero-order valence-electron chi connectivity index (χ0n) is 11.2. The monoisotopic (exact) mass is 289 g/mol. The van der Waals surface area contributed by atoms with Gasteiger partial charge in [-0.3, -0.25) is 4.79 Å². The molecule has 0 amide bonds. The van der Waals surface area contributed by atoms with Crippen LogP contribution >= 0.6 is 23.5 Å². The molecule has 18 heavy (non-hydrogen) atoms. The zero-order chi connectivity index (χ0) is 13.0. The maximum absolute atomic E-state index is 12.0. The number of piperidine rings is 1. The topological polar surface area (TPSA) is 38.3 Å². The van der Waals surface area contributed by atoms with Gasteiger partial charge in [-0.15, -0.1) is 23.5 Å². The maximum atomic E-state index is 12.0. The minimum absolute atomic E-state index is 0.0641. The third kappa shape index (κ3) is 3.36. The summed E-state index contributed by atoms with van der Waals surface area (Å²) in [6, 6.07) is 0.365. The van der Waals surface area contributed by atoms with Crippen LogP contribution in [0.1, 0.15) is 39.5 Å². The van der Waals surface area contributed by atoms with Gasteiger partial charge in [0.1, 0.15) is 6.04 Å². The molecule has 5 heteroatoms. The molecule has 2 fully saturated rings. The second kappa shape index (κ2) is 6.53. The van der Waals surface area contributed by atoms with Crippen molar-refractivity contribution in [3.63, 3.8) is 0 Å². The molecule has 0 aromatic carbocycles. The van der Waals surface area contributed by atoms with Gasteiger partial charge >= 0.3 is 5.97 Å². The first-order valence-corrected chi connectivity index (χ1v) is 8.87. The molecule has 0 radical (unpaired) electrons. The second-order valence-corrected chi connectivity index (χ2v) is 8.19. The normalized spacial score (nSPS) is 30.6. The number of thioether (sulfide) groups is 2. The van der Waals surface area contributed by atoms with Crippen LogP contribution < -0.4 is 5.32 Å². The van der Waals surface area contributed by atoms with Gasteiger partial charge in [-0.1, -0.05) is 13.3 Å². The molecule has 1 spiro atoms. The Bertz CT molecular complexity index is 293. The smallest absolute Gasteiger partial charge is 0.323 e. The Hall–Kier alpha value is 0.130. The molecule has 2 rings (SSSR count). The van der Waals surface area contributed by atoms with Crippen molar-refractivity contribution in [1.29, 1.82) is 0 Å². The van der Waals surface area contributed by atoms with E-state index in [1.165, 1.54) is 24.3 Å². The molecule has 1 N–H and O–H groups in total. The van der Waals surface area contributed by atoms with Gasteiger partial charge in [0.15, 0.2) is 0 Å². The van der Waals surface area contributed by atoms with Crippen LogP contribution in [0.15, 0.2) is 0 Å². The number of rotatable bonds is 4. The van der Waals surface area contributed by atoms with E-state index in [2.05, 4.69) is 12.2 Å². The van der Waals surface area contributed by atoms with E-state index in [1.807, 2.05) is 30.4 Å². The van der Waals surface area contributed by atoms with Crippen molar-refractivity contribution in [3.8, 4) is 0 Å². The molecule has 2 saturated heterocycles. The van der Waals surface area contributed by atoms with E-state index >= 15 is 0 Å². The molecule has 3 nitrogen and oxygen atoms in total. The molecular weight excluding hydrogens is 266 g/mol. The van der Waals surface area contributed by atoms with Crippen LogP contribution in [0.25, 0.3) is 0 Å². The Balaban J connectivity index is 2.04. The van der Waals surface area contributed by atoms with E-state index in [0.717, 1.165) is 12.8 Å². The summed E-state index contributed by atoms with van der Waals surface area (Å²) in [4.78, 5) is 12.0. The van der Waals surface area contributed by atoms with Gasteiger partial charge in [0.05, 0.1) is 10.7 Å². The van der Waals surface area contributed by atoms with Crippen molar-refractivity contribution in [2.24, 2.45) is 0 Å². The van der Waals surface area contributed by atoms with Crippen LogP contribution in [0.2, 0.25) is 0 Å². The fourth-order valence-corrected chi connectivity index (χ4v) is 6.28. The molecular formula is C13H23NO2S2. The highest BCUT2D eigenvalue weighted by atomic mass is 32.2. The van der Waals surface area contributed by atoms with E-state index in [9.17, 15) is 4.79 Å². The highest BCUT2D eigenvalue weighted by Crippen LogP contribution is 2.52. The third-order valence-electron chi connectivity index (χ3n) is 3.53. The first kappa shape index (κ1) is 14.5. The van der Waals surface area contributed by atoms with Crippen molar-refractivity contribution >= 4 is 29.5 Å². The van der Waals surface area contributed by atoms with Crippen molar-refractivity contribution < 1.29 is 9.53 Å². The van der Waals surface area contributed by atoms with Crippen molar-refractivity contribution in [3.05, 3.63) is 0 Å². The summed E-state index contributed by atoms with van der Waals surface area (Å²) < 4.78 is 5.46.